The van der Waals surface area contributed by atoms with Crippen LogP contribution in [0.2, 0.25) is 0 Å². The van der Waals surface area contributed by atoms with Crippen LogP contribution < -0.4 is 11.2 Å². The van der Waals surface area contributed by atoms with Crippen LogP contribution in [0.5, 0.6) is 0 Å². The summed E-state index contributed by atoms with van der Waals surface area (Å²) in [5, 5.41) is 21.6. The number of rotatable bonds is 4. The van der Waals surface area contributed by atoms with Crippen molar-refractivity contribution in [2.24, 2.45) is 0 Å². The average Bonchev–Trinajstić information content (AvgIpc) is 2.28. The Kier molecular flexibility index (Phi) is 3.59. The summed E-state index contributed by atoms with van der Waals surface area (Å²) in [6.45, 7) is 2.62. The van der Waals surface area contributed by atoms with Gasteiger partial charge in [-0.15, -0.1) is 0 Å². The maximum atomic E-state index is 11.8. The summed E-state index contributed by atoms with van der Waals surface area (Å²) in [7, 11) is 0. The largest absolute Gasteiger partial charge is 0.426 e. The molecule has 0 unspecified atom stereocenters. The molecule has 0 spiro atoms. The fourth-order valence-electron chi connectivity index (χ4n) is 1.58. The van der Waals surface area contributed by atoms with Crippen molar-refractivity contribution in [3.05, 3.63) is 41.1 Å². The molecule has 98 valence electrons. The SMILES string of the molecule is CCn1c([N+](=O)[O-])c([N+](=O)[O-])c(=O)n(CC)c1=O. The molecule has 10 heteroatoms. The molecule has 0 bridgehead atoms. The second-order valence-electron chi connectivity index (χ2n) is 3.26. The molecule has 1 heterocycles. The van der Waals surface area contributed by atoms with Crippen molar-refractivity contribution in [1.82, 2.24) is 9.13 Å². The van der Waals surface area contributed by atoms with Crippen LogP contribution in [0.4, 0.5) is 11.5 Å². The highest BCUT2D eigenvalue weighted by atomic mass is 16.6. The van der Waals surface area contributed by atoms with Gasteiger partial charge < -0.3 is 10.1 Å². The van der Waals surface area contributed by atoms with Gasteiger partial charge >= 0.3 is 22.8 Å². The van der Waals surface area contributed by atoms with E-state index in [1.165, 1.54) is 13.8 Å². The molecule has 0 amide bonds. The second kappa shape index (κ2) is 4.77. The third-order valence-corrected chi connectivity index (χ3v) is 2.36. The number of nitro groups is 2. The van der Waals surface area contributed by atoms with Crippen molar-refractivity contribution < 1.29 is 9.85 Å². The minimum absolute atomic E-state index is 0.101. The Hall–Kier alpha value is -2.52. The van der Waals surface area contributed by atoms with Gasteiger partial charge in [-0.25, -0.2) is 9.36 Å². The van der Waals surface area contributed by atoms with Crippen molar-refractivity contribution in [3.8, 4) is 0 Å². The summed E-state index contributed by atoms with van der Waals surface area (Å²) in [6, 6.07) is 0. The van der Waals surface area contributed by atoms with E-state index in [4.69, 9.17) is 0 Å². The first-order chi connectivity index (χ1) is 8.36. The van der Waals surface area contributed by atoms with Crippen LogP contribution in [-0.2, 0) is 13.1 Å². The second-order valence-corrected chi connectivity index (χ2v) is 3.26. The fourth-order valence-corrected chi connectivity index (χ4v) is 1.58. The van der Waals surface area contributed by atoms with E-state index in [-0.39, 0.29) is 13.1 Å². The van der Waals surface area contributed by atoms with Gasteiger partial charge in [-0.1, -0.05) is 0 Å². The maximum absolute atomic E-state index is 11.8. The molecule has 1 rings (SSSR count). The number of aromatic nitrogens is 2. The molecule has 0 aliphatic carbocycles. The maximum Gasteiger partial charge on any atom is 0.426 e. The number of hydrogen-bond donors (Lipinski definition) is 0. The molecule has 0 aliphatic heterocycles. The van der Waals surface area contributed by atoms with Crippen LogP contribution in [0.25, 0.3) is 0 Å². The third-order valence-electron chi connectivity index (χ3n) is 2.36. The van der Waals surface area contributed by atoms with Crippen molar-refractivity contribution in [2.75, 3.05) is 0 Å². The lowest BCUT2D eigenvalue weighted by Crippen LogP contribution is -2.41. The van der Waals surface area contributed by atoms with Gasteiger partial charge in [-0.2, -0.15) is 4.57 Å². The zero-order valence-electron chi connectivity index (χ0n) is 9.65. The topological polar surface area (TPSA) is 130 Å². The Morgan fingerprint density at radius 2 is 1.50 bits per heavy atom. The number of hydrogen-bond acceptors (Lipinski definition) is 6. The molecule has 1 aromatic rings. The molecular weight excluding hydrogens is 248 g/mol. The Labute approximate surface area is 99.4 Å². The van der Waals surface area contributed by atoms with E-state index in [0.29, 0.717) is 9.13 Å². The minimum atomic E-state index is -1.26. The highest BCUT2D eigenvalue weighted by molar-refractivity contribution is 5.45. The average molecular weight is 258 g/mol. The van der Waals surface area contributed by atoms with E-state index >= 15 is 0 Å². The van der Waals surface area contributed by atoms with Crippen LogP contribution in [0.1, 0.15) is 13.8 Å². The third kappa shape index (κ3) is 1.87. The molecule has 10 nitrogen and oxygen atoms in total. The van der Waals surface area contributed by atoms with Crippen LogP contribution in [0, 0.1) is 20.2 Å². The number of nitrogens with zero attached hydrogens (tertiary/aromatic N) is 4. The first-order valence-corrected chi connectivity index (χ1v) is 5.03. The monoisotopic (exact) mass is 258 g/mol. The Morgan fingerprint density at radius 3 is 1.83 bits per heavy atom. The molecule has 0 aromatic carbocycles. The molecule has 0 radical (unpaired) electrons. The van der Waals surface area contributed by atoms with Crippen molar-refractivity contribution in [3.63, 3.8) is 0 Å². The van der Waals surface area contributed by atoms with E-state index in [1.54, 1.807) is 0 Å². The molecule has 1 aromatic heterocycles. The van der Waals surface area contributed by atoms with Crippen LogP contribution in [0.3, 0.4) is 0 Å². The predicted molar refractivity (Wildman–Crippen MR) is 59.6 cm³/mol. The zero-order chi connectivity index (χ0) is 14.0. The molecule has 18 heavy (non-hydrogen) atoms. The highest BCUT2D eigenvalue weighted by Crippen LogP contribution is 2.20. The summed E-state index contributed by atoms with van der Waals surface area (Å²) in [5.41, 5.74) is -3.38. The fraction of sp³-hybridized carbons (Fsp3) is 0.500. The van der Waals surface area contributed by atoms with Gasteiger partial charge in [0.05, 0.1) is 11.5 Å². The van der Waals surface area contributed by atoms with Crippen molar-refractivity contribution in [2.45, 2.75) is 26.9 Å². The Balaban J connectivity index is 4.02. The Bertz CT molecular complexity index is 628. The van der Waals surface area contributed by atoms with Gasteiger partial charge in [0.25, 0.3) is 0 Å². The quantitative estimate of drug-likeness (QED) is 0.545. The van der Waals surface area contributed by atoms with Crippen molar-refractivity contribution in [1.29, 1.82) is 0 Å². The molecule has 0 N–H and O–H groups in total. The smallest absolute Gasteiger partial charge is 0.358 e. The summed E-state index contributed by atoms with van der Waals surface area (Å²) < 4.78 is 1.19. The first-order valence-electron chi connectivity index (χ1n) is 5.03. The van der Waals surface area contributed by atoms with Gasteiger partial charge in [0.1, 0.15) is 0 Å². The van der Waals surface area contributed by atoms with Crippen molar-refractivity contribution >= 4 is 11.5 Å². The molecule has 0 aliphatic rings. The van der Waals surface area contributed by atoms with E-state index in [0.717, 1.165) is 0 Å². The lowest BCUT2D eigenvalue weighted by molar-refractivity contribution is -0.429. The van der Waals surface area contributed by atoms with Gasteiger partial charge in [0, 0.05) is 6.54 Å². The lowest BCUT2D eigenvalue weighted by atomic mass is 10.4. The van der Waals surface area contributed by atoms with Gasteiger partial charge in [-0.3, -0.25) is 14.9 Å². The predicted octanol–water partition coefficient (Wildman–Crippen LogP) is -0.134. The standard InChI is InChI=1S/C8H10N4O6/c1-3-9-6(12(17)18)5(11(15)16)7(13)10(4-2)8(9)14/h3-4H2,1-2H3. The van der Waals surface area contributed by atoms with E-state index in [2.05, 4.69) is 0 Å². The van der Waals surface area contributed by atoms with Gasteiger partial charge in [0.2, 0.25) is 0 Å². The molecule has 0 fully saturated rings. The van der Waals surface area contributed by atoms with Crippen LogP contribution in [0.15, 0.2) is 9.59 Å². The van der Waals surface area contributed by atoms with E-state index in [9.17, 15) is 29.8 Å². The summed E-state index contributed by atoms with van der Waals surface area (Å²) in [4.78, 5) is 42.7. The normalized spacial score (nSPS) is 10.3. The van der Waals surface area contributed by atoms with E-state index < -0.39 is 32.6 Å². The Morgan fingerprint density at radius 1 is 1.00 bits per heavy atom. The van der Waals surface area contributed by atoms with E-state index in [1.807, 2.05) is 0 Å². The van der Waals surface area contributed by atoms with Crippen LogP contribution in [-0.4, -0.2) is 19.0 Å². The highest BCUT2D eigenvalue weighted by Gasteiger charge is 2.35. The minimum Gasteiger partial charge on any atom is -0.358 e. The lowest BCUT2D eigenvalue weighted by Gasteiger charge is -2.06. The molecule has 0 atom stereocenters. The molecular formula is C8H10N4O6. The first kappa shape index (κ1) is 13.5. The summed E-state index contributed by atoms with van der Waals surface area (Å²) in [5.74, 6) is -1.08. The summed E-state index contributed by atoms with van der Waals surface area (Å²) in [6.07, 6.45) is 0. The molecule has 0 saturated carbocycles. The van der Waals surface area contributed by atoms with Crippen LogP contribution >= 0.6 is 0 Å². The zero-order valence-corrected chi connectivity index (χ0v) is 9.65. The summed E-state index contributed by atoms with van der Waals surface area (Å²) >= 11 is 0. The van der Waals surface area contributed by atoms with Gasteiger partial charge in [-0.05, 0) is 18.8 Å². The molecule has 0 saturated heterocycles. The van der Waals surface area contributed by atoms with Gasteiger partial charge in [0.15, 0.2) is 0 Å².